The van der Waals surface area contributed by atoms with Gasteiger partial charge in [0.2, 0.25) is 5.91 Å². The minimum atomic E-state index is -0.512. The van der Waals surface area contributed by atoms with Gasteiger partial charge in [-0.25, -0.2) is 9.67 Å². The Labute approximate surface area is 148 Å². The van der Waals surface area contributed by atoms with Crippen LogP contribution in [0.4, 0.5) is 11.4 Å². The number of hydrogen-bond donors (Lipinski definition) is 3. The summed E-state index contributed by atoms with van der Waals surface area (Å²) in [6, 6.07) is 9.06. The third-order valence-corrected chi connectivity index (χ3v) is 3.69. The van der Waals surface area contributed by atoms with Gasteiger partial charge in [0.1, 0.15) is 24.3 Å². The van der Waals surface area contributed by atoms with Gasteiger partial charge in [-0.15, -0.1) is 0 Å². The van der Waals surface area contributed by atoms with Gasteiger partial charge in [-0.2, -0.15) is 5.10 Å². The van der Waals surface area contributed by atoms with Gasteiger partial charge in [-0.1, -0.05) is 0 Å². The van der Waals surface area contributed by atoms with E-state index in [1.165, 1.54) is 29.6 Å². The molecule has 3 N–H and O–H groups in total. The largest absolute Gasteiger partial charge is 0.328 e. The SMILES string of the molecule is CC(C(=O)Nc1ccc(NC(=O)c2ccc[nH]c2=O)cc1)n1cncn1. The molecule has 1 aromatic carbocycles. The molecule has 3 aromatic rings. The molecule has 1 atom stereocenters. The number of amides is 2. The Hall–Kier alpha value is -3.75. The normalized spacial score (nSPS) is 11.6. The maximum atomic E-state index is 12.2. The zero-order valence-electron chi connectivity index (χ0n) is 13.8. The van der Waals surface area contributed by atoms with Crippen LogP contribution in [0.5, 0.6) is 0 Å². The van der Waals surface area contributed by atoms with E-state index < -0.39 is 17.5 Å². The molecule has 9 nitrogen and oxygen atoms in total. The lowest BCUT2D eigenvalue weighted by atomic mass is 10.2. The first-order chi connectivity index (χ1) is 12.5. The highest BCUT2D eigenvalue weighted by Gasteiger charge is 2.15. The fraction of sp³-hybridized carbons (Fsp3) is 0.118. The Bertz CT molecular complexity index is 963. The molecule has 0 radical (unpaired) electrons. The number of nitrogens with one attached hydrogen (secondary N) is 3. The van der Waals surface area contributed by atoms with Crippen LogP contribution < -0.4 is 16.2 Å². The van der Waals surface area contributed by atoms with Crippen molar-refractivity contribution in [2.45, 2.75) is 13.0 Å². The molecule has 0 spiro atoms. The number of aromatic nitrogens is 4. The van der Waals surface area contributed by atoms with Crippen molar-refractivity contribution in [3.8, 4) is 0 Å². The van der Waals surface area contributed by atoms with Gasteiger partial charge < -0.3 is 15.6 Å². The minimum Gasteiger partial charge on any atom is -0.328 e. The first kappa shape index (κ1) is 17.1. The molecular weight excluding hydrogens is 336 g/mol. The molecule has 2 amide bonds. The van der Waals surface area contributed by atoms with Crippen LogP contribution in [0.1, 0.15) is 23.3 Å². The summed E-state index contributed by atoms with van der Waals surface area (Å²) in [6.07, 6.45) is 4.28. The van der Waals surface area contributed by atoms with Gasteiger partial charge in [0.05, 0.1) is 0 Å². The summed E-state index contributed by atoms with van der Waals surface area (Å²) in [5.74, 6) is -0.758. The van der Waals surface area contributed by atoms with E-state index >= 15 is 0 Å². The Morgan fingerprint density at radius 2 is 1.81 bits per heavy atom. The highest BCUT2D eigenvalue weighted by molar-refractivity contribution is 6.04. The number of hydrogen-bond acceptors (Lipinski definition) is 5. The van der Waals surface area contributed by atoms with Crippen LogP contribution in [0.25, 0.3) is 0 Å². The first-order valence-electron chi connectivity index (χ1n) is 7.78. The predicted molar refractivity (Wildman–Crippen MR) is 94.8 cm³/mol. The molecule has 0 aliphatic carbocycles. The van der Waals surface area contributed by atoms with E-state index in [-0.39, 0.29) is 11.5 Å². The monoisotopic (exact) mass is 352 g/mol. The van der Waals surface area contributed by atoms with Crippen molar-refractivity contribution in [3.05, 3.63) is 71.2 Å². The van der Waals surface area contributed by atoms with Crippen LogP contribution in [0.2, 0.25) is 0 Å². The molecular formula is C17H16N6O3. The molecule has 26 heavy (non-hydrogen) atoms. The number of pyridine rings is 1. The molecule has 1 unspecified atom stereocenters. The van der Waals surface area contributed by atoms with Crippen molar-refractivity contribution >= 4 is 23.2 Å². The molecule has 0 saturated heterocycles. The Kier molecular flexibility index (Phi) is 4.88. The van der Waals surface area contributed by atoms with Crippen molar-refractivity contribution < 1.29 is 9.59 Å². The number of carbonyl (C=O) groups is 2. The number of carbonyl (C=O) groups excluding carboxylic acids is 2. The number of rotatable bonds is 5. The van der Waals surface area contributed by atoms with Crippen molar-refractivity contribution in [2.24, 2.45) is 0 Å². The molecule has 9 heteroatoms. The number of anilines is 2. The third kappa shape index (κ3) is 3.83. The standard InChI is InChI=1S/C17H16N6O3/c1-11(23-10-18-9-20-23)15(24)21-12-4-6-13(7-5-12)22-17(26)14-3-2-8-19-16(14)25/h2-11H,1H3,(H,19,25)(H,21,24)(H,22,26). The van der Waals surface area contributed by atoms with Crippen LogP contribution in [-0.4, -0.2) is 31.6 Å². The van der Waals surface area contributed by atoms with E-state index in [4.69, 9.17) is 0 Å². The van der Waals surface area contributed by atoms with Crippen LogP contribution in [0, 0.1) is 0 Å². The van der Waals surface area contributed by atoms with E-state index in [1.54, 1.807) is 37.3 Å². The van der Waals surface area contributed by atoms with E-state index in [0.29, 0.717) is 11.4 Å². The van der Waals surface area contributed by atoms with Crippen LogP contribution in [-0.2, 0) is 4.79 Å². The predicted octanol–water partition coefficient (Wildman–Crippen LogP) is 1.42. The van der Waals surface area contributed by atoms with Crippen LogP contribution >= 0.6 is 0 Å². The van der Waals surface area contributed by atoms with Gasteiger partial charge in [0.15, 0.2) is 0 Å². The van der Waals surface area contributed by atoms with Crippen LogP contribution in [0.3, 0.4) is 0 Å². The number of H-pyrrole nitrogens is 1. The molecule has 0 bridgehead atoms. The van der Waals surface area contributed by atoms with E-state index in [9.17, 15) is 14.4 Å². The summed E-state index contributed by atoms with van der Waals surface area (Å²) in [6.45, 7) is 1.70. The van der Waals surface area contributed by atoms with Crippen molar-refractivity contribution in [2.75, 3.05) is 10.6 Å². The van der Waals surface area contributed by atoms with E-state index in [0.717, 1.165) is 0 Å². The van der Waals surface area contributed by atoms with E-state index in [1.807, 2.05) is 0 Å². The summed E-state index contributed by atoms with van der Waals surface area (Å²) in [4.78, 5) is 42.2. The Morgan fingerprint density at radius 3 is 2.42 bits per heavy atom. The molecule has 0 aliphatic heterocycles. The molecule has 132 valence electrons. The number of nitrogens with zero attached hydrogens (tertiary/aromatic N) is 3. The molecule has 0 fully saturated rings. The Balaban J connectivity index is 1.63. The van der Waals surface area contributed by atoms with Crippen molar-refractivity contribution in [3.63, 3.8) is 0 Å². The topological polar surface area (TPSA) is 122 Å². The first-order valence-corrected chi connectivity index (χ1v) is 7.78. The maximum Gasteiger partial charge on any atom is 0.261 e. The molecule has 2 aromatic heterocycles. The molecule has 0 aliphatic rings. The number of benzene rings is 1. The molecule has 2 heterocycles. The average Bonchev–Trinajstić information content (AvgIpc) is 3.17. The molecule has 3 rings (SSSR count). The van der Waals surface area contributed by atoms with Gasteiger partial charge in [0.25, 0.3) is 11.5 Å². The summed E-state index contributed by atoms with van der Waals surface area (Å²) < 4.78 is 1.45. The summed E-state index contributed by atoms with van der Waals surface area (Å²) in [7, 11) is 0. The molecule has 0 saturated carbocycles. The minimum absolute atomic E-state index is 0.0199. The van der Waals surface area contributed by atoms with Gasteiger partial charge >= 0.3 is 0 Å². The lowest BCUT2D eigenvalue weighted by Gasteiger charge is -2.12. The van der Waals surface area contributed by atoms with Gasteiger partial charge in [0, 0.05) is 17.6 Å². The smallest absolute Gasteiger partial charge is 0.261 e. The van der Waals surface area contributed by atoms with Gasteiger partial charge in [-0.3, -0.25) is 14.4 Å². The second kappa shape index (κ2) is 7.43. The summed E-state index contributed by atoms with van der Waals surface area (Å²) >= 11 is 0. The summed E-state index contributed by atoms with van der Waals surface area (Å²) in [5.41, 5.74) is 0.626. The fourth-order valence-electron chi connectivity index (χ4n) is 2.22. The average molecular weight is 352 g/mol. The third-order valence-electron chi connectivity index (χ3n) is 3.69. The Morgan fingerprint density at radius 1 is 1.12 bits per heavy atom. The second-order valence-corrected chi connectivity index (χ2v) is 5.49. The quantitative estimate of drug-likeness (QED) is 0.641. The zero-order chi connectivity index (χ0) is 18.5. The fourth-order valence-corrected chi connectivity index (χ4v) is 2.22. The number of aromatic amines is 1. The lowest BCUT2D eigenvalue weighted by Crippen LogP contribution is -2.24. The highest BCUT2D eigenvalue weighted by atomic mass is 16.2. The van der Waals surface area contributed by atoms with Crippen LogP contribution in [0.15, 0.2) is 60.0 Å². The zero-order valence-corrected chi connectivity index (χ0v) is 13.8. The highest BCUT2D eigenvalue weighted by Crippen LogP contribution is 2.16. The van der Waals surface area contributed by atoms with Crippen molar-refractivity contribution in [1.29, 1.82) is 0 Å². The van der Waals surface area contributed by atoms with Gasteiger partial charge in [-0.05, 0) is 43.3 Å². The maximum absolute atomic E-state index is 12.2. The van der Waals surface area contributed by atoms with Crippen molar-refractivity contribution in [1.82, 2.24) is 19.7 Å². The second-order valence-electron chi connectivity index (χ2n) is 5.49. The summed E-state index contributed by atoms with van der Waals surface area (Å²) in [5, 5.41) is 9.32. The van der Waals surface area contributed by atoms with E-state index in [2.05, 4.69) is 25.7 Å². The lowest BCUT2D eigenvalue weighted by molar-refractivity contribution is -0.119.